The van der Waals surface area contributed by atoms with Gasteiger partial charge in [-0.1, -0.05) is 0 Å². The van der Waals surface area contributed by atoms with Gasteiger partial charge in [-0.15, -0.1) is 0 Å². The van der Waals surface area contributed by atoms with Crippen molar-refractivity contribution in [1.29, 1.82) is 0 Å². The molecule has 27 heavy (non-hydrogen) atoms. The van der Waals surface area contributed by atoms with Crippen molar-refractivity contribution in [2.45, 2.75) is 58.3 Å². The first-order valence-corrected chi connectivity index (χ1v) is 9.00. The summed E-state index contributed by atoms with van der Waals surface area (Å²) in [4.78, 5) is 25.6. The molecule has 0 spiro atoms. The van der Waals surface area contributed by atoms with Crippen LogP contribution in [0.2, 0.25) is 0 Å². The summed E-state index contributed by atoms with van der Waals surface area (Å²) in [5.41, 5.74) is -0.520. The Labute approximate surface area is 159 Å². The minimum Gasteiger partial charge on any atom is -0.428 e. The summed E-state index contributed by atoms with van der Waals surface area (Å²) in [6.07, 6.45) is 2.00. The monoisotopic (exact) mass is 383 g/mol. The number of carbonyl (C=O) groups excluding carboxylic acids is 2. The Morgan fingerprint density at radius 2 is 1.96 bits per heavy atom. The van der Waals surface area contributed by atoms with Crippen molar-refractivity contribution in [3.8, 4) is 0 Å². The van der Waals surface area contributed by atoms with Gasteiger partial charge in [0.15, 0.2) is 0 Å². The van der Waals surface area contributed by atoms with E-state index >= 15 is 0 Å². The molecule has 0 aliphatic carbocycles. The second-order valence-electron chi connectivity index (χ2n) is 8.12. The summed E-state index contributed by atoms with van der Waals surface area (Å²) < 4.78 is 20.5. The molecule has 1 fully saturated rings. The van der Waals surface area contributed by atoms with Crippen LogP contribution in [0.25, 0.3) is 0 Å². The van der Waals surface area contributed by atoms with Gasteiger partial charge in [-0.3, -0.25) is 10.00 Å². The van der Waals surface area contributed by atoms with Crippen LogP contribution in [0.1, 0.15) is 52.7 Å². The maximum atomic E-state index is 11.8. The molecule has 9 nitrogen and oxygen atoms in total. The first-order valence-electron chi connectivity index (χ1n) is 9.00. The number of rotatable bonds is 5. The van der Waals surface area contributed by atoms with E-state index in [2.05, 4.69) is 19.8 Å². The van der Waals surface area contributed by atoms with Crippen LogP contribution in [0.4, 0.5) is 9.59 Å². The van der Waals surface area contributed by atoms with Gasteiger partial charge in [0.25, 0.3) is 0 Å². The third kappa shape index (κ3) is 7.56. The second-order valence-corrected chi connectivity index (χ2v) is 8.12. The molecule has 152 valence electrons. The zero-order chi connectivity index (χ0) is 20.1. The molecule has 1 aliphatic rings. The Balaban J connectivity index is 1.76. The van der Waals surface area contributed by atoms with Crippen LogP contribution in [-0.2, 0) is 18.9 Å². The average molecular weight is 383 g/mol. The summed E-state index contributed by atoms with van der Waals surface area (Å²) in [6, 6.07) is 0. The van der Waals surface area contributed by atoms with Gasteiger partial charge in [0.05, 0.1) is 18.9 Å². The molecule has 1 saturated heterocycles. The summed E-state index contributed by atoms with van der Waals surface area (Å²) in [6.45, 7) is 11.5. The predicted molar refractivity (Wildman–Crippen MR) is 96.2 cm³/mol. The number of nitrogens with zero attached hydrogens (tertiary/aromatic N) is 2. The molecule has 1 atom stereocenters. The minimum absolute atomic E-state index is 0.0290. The molecule has 1 aromatic heterocycles. The van der Waals surface area contributed by atoms with Crippen LogP contribution >= 0.6 is 0 Å². The van der Waals surface area contributed by atoms with E-state index < -0.39 is 23.5 Å². The van der Waals surface area contributed by atoms with Crippen LogP contribution in [0.5, 0.6) is 0 Å². The highest BCUT2D eigenvalue weighted by Gasteiger charge is 2.29. The van der Waals surface area contributed by atoms with Gasteiger partial charge in [-0.2, -0.15) is 5.10 Å². The number of aromatic amines is 1. The maximum Gasteiger partial charge on any atom is 0.519 e. The maximum absolute atomic E-state index is 11.8. The molecule has 0 bridgehead atoms. The van der Waals surface area contributed by atoms with E-state index in [1.165, 1.54) is 0 Å². The molecule has 0 saturated carbocycles. The van der Waals surface area contributed by atoms with E-state index in [9.17, 15) is 9.59 Å². The van der Waals surface area contributed by atoms with Crippen molar-refractivity contribution in [3.63, 3.8) is 0 Å². The van der Waals surface area contributed by atoms with Crippen molar-refractivity contribution < 1.29 is 28.5 Å². The summed E-state index contributed by atoms with van der Waals surface area (Å²) in [5, 5.41) is 6.74. The molecule has 1 N–H and O–H groups in total. The van der Waals surface area contributed by atoms with Crippen molar-refractivity contribution in [2.24, 2.45) is 0 Å². The molecule has 2 rings (SSSR count). The van der Waals surface area contributed by atoms with Crippen LogP contribution in [0.3, 0.4) is 0 Å². The molecule has 0 radical (unpaired) electrons. The number of morpholine rings is 1. The van der Waals surface area contributed by atoms with E-state index in [-0.39, 0.29) is 6.10 Å². The van der Waals surface area contributed by atoms with Gasteiger partial charge < -0.3 is 18.9 Å². The molecule has 0 aromatic carbocycles. The van der Waals surface area contributed by atoms with Gasteiger partial charge in [0.2, 0.25) is 0 Å². The Hall–Kier alpha value is -2.13. The lowest BCUT2D eigenvalue weighted by atomic mass is 10.0. The van der Waals surface area contributed by atoms with Crippen molar-refractivity contribution in [2.75, 3.05) is 26.2 Å². The summed E-state index contributed by atoms with van der Waals surface area (Å²) in [5.74, 6) is 0. The van der Waals surface area contributed by atoms with Crippen LogP contribution in [-0.4, -0.2) is 64.9 Å². The number of H-pyrrole nitrogens is 1. The van der Waals surface area contributed by atoms with Crippen LogP contribution in [0, 0.1) is 0 Å². The highest BCUT2D eigenvalue weighted by molar-refractivity contribution is 5.77. The van der Waals surface area contributed by atoms with E-state index in [4.69, 9.17) is 14.2 Å². The molecule has 1 aromatic rings. The number of nitrogens with one attached hydrogen (secondary N) is 1. The van der Waals surface area contributed by atoms with Gasteiger partial charge in [0.1, 0.15) is 11.2 Å². The third-order valence-electron chi connectivity index (χ3n) is 3.99. The molecule has 0 unspecified atom stereocenters. The Bertz CT molecular complexity index is 624. The fourth-order valence-electron chi connectivity index (χ4n) is 2.61. The molecule has 2 heterocycles. The van der Waals surface area contributed by atoms with Gasteiger partial charge in [-0.05, 0) is 41.0 Å². The number of hydrogen-bond donors (Lipinski definition) is 1. The van der Waals surface area contributed by atoms with Crippen LogP contribution in [0.15, 0.2) is 12.4 Å². The standard InChI is InChI=1S/C18H29N3O6/c1-17(2,3)26-15(22)25-16(23)27-18(4,5)6-7-21-8-9-24-14(12-21)13-10-19-20-11-13/h10-11,14H,6-9,12H2,1-5H3,(H,19,20)/t14-/m1/s1. The van der Waals surface area contributed by atoms with Crippen molar-refractivity contribution in [1.82, 2.24) is 15.1 Å². The predicted octanol–water partition coefficient (Wildman–Crippen LogP) is 3.04. The lowest BCUT2D eigenvalue weighted by Gasteiger charge is -2.34. The highest BCUT2D eigenvalue weighted by Crippen LogP contribution is 2.23. The number of aromatic nitrogens is 2. The fraction of sp³-hybridized carbons (Fsp3) is 0.722. The SMILES string of the molecule is CC(C)(C)OC(=O)OC(=O)OC(C)(C)CCN1CCO[C@@H](c2cn[nH]c2)C1. The lowest BCUT2D eigenvalue weighted by Crippen LogP contribution is -2.41. The number of carbonyl (C=O) groups is 2. The van der Waals surface area contributed by atoms with Crippen LogP contribution < -0.4 is 0 Å². The third-order valence-corrected chi connectivity index (χ3v) is 3.99. The largest absolute Gasteiger partial charge is 0.519 e. The Morgan fingerprint density at radius 3 is 2.59 bits per heavy atom. The van der Waals surface area contributed by atoms with Gasteiger partial charge in [-0.25, -0.2) is 9.59 Å². The van der Waals surface area contributed by atoms with E-state index in [1.54, 1.807) is 40.8 Å². The van der Waals surface area contributed by atoms with Gasteiger partial charge in [0, 0.05) is 31.4 Å². The lowest BCUT2D eigenvalue weighted by molar-refractivity contribution is -0.0525. The molecule has 1 aliphatic heterocycles. The van der Waals surface area contributed by atoms with E-state index in [0.29, 0.717) is 19.6 Å². The van der Waals surface area contributed by atoms with Crippen molar-refractivity contribution >= 4 is 12.3 Å². The zero-order valence-corrected chi connectivity index (χ0v) is 16.6. The average Bonchev–Trinajstić information content (AvgIpc) is 3.05. The van der Waals surface area contributed by atoms with E-state index in [1.807, 2.05) is 6.20 Å². The quantitative estimate of drug-likeness (QED) is 0.611. The smallest absolute Gasteiger partial charge is 0.428 e. The Morgan fingerprint density at radius 1 is 1.26 bits per heavy atom. The molecule has 9 heteroatoms. The zero-order valence-electron chi connectivity index (χ0n) is 16.6. The first-order chi connectivity index (χ1) is 12.5. The molecular formula is C18H29N3O6. The molecule has 0 amide bonds. The van der Waals surface area contributed by atoms with E-state index in [0.717, 1.165) is 18.7 Å². The topological polar surface area (TPSA) is 103 Å². The molecular weight excluding hydrogens is 354 g/mol. The van der Waals surface area contributed by atoms with Crippen molar-refractivity contribution in [3.05, 3.63) is 18.0 Å². The summed E-state index contributed by atoms with van der Waals surface area (Å²) >= 11 is 0. The second kappa shape index (κ2) is 8.71. The Kier molecular flexibility index (Phi) is 6.83. The number of ether oxygens (including phenoxy) is 4. The summed E-state index contributed by atoms with van der Waals surface area (Å²) in [7, 11) is 0. The normalized spacial score (nSPS) is 18.8. The minimum atomic E-state index is -1.07. The first kappa shape index (κ1) is 21.2. The number of hydrogen-bond acceptors (Lipinski definition) is 8. The highest BCUT2D eigenvalue weighted by atomic mass is 16.8. The van der Waals surface area contributed by atoms with Gasteiger partial charge >= 0.3 is 12.3 Å². The fourth-order valence-corrected chi connectivity index (χ4v) is 2.61.